The van der Waals surface area contributed by atoms with Crippen molar-refractivity contribution in [3.05, 3.63) is 137 Å². The molecule has 6 nitrogen and oxygen atoms in total. The van der Waals surface area contributed by atoms with Crippen molar-refractivity contribution in [2.24, 2.45) is 5.92 Å². The summed E-state index contributed by atoms with van der Waals surface area (Å²) in [7, 11) is 0. The molecule has 0 aliphatic carbocycles. The Balaban J connectivity index is 1.18. The largest absolute Gasteiger partial charge is 0.493 e. The summed E-state index contributed by atoms with van der Waals surface area (Å²) in [4.78, 5) is 25.3. The van der Waals surface area contributed by atoms with Crippen LogP contribution in [0, 0.1) is 5.92 Å². The van der Waals surface area contributed by atoms with Gasteiger partial charge in [0, 0.05) is 11.2 Å². The van der Waals surface area contributed by atoms with Crippen LogP contribution >= 0.6 is 11.6 Å². The molecule has 1 aromatic heterocycles. The first-order chi connectivity index (χ1) is 20.0. The van der Waals surface area contributed by atoms with E-state index in [2.05, 4.69) is 5.10 Å². The molecule has 0 aliphatic heterocycles. The first-order valence-electron chi connectivity index (χ1n) is 13.4. The summed E-state index contributed by atoms with van der Waals surface area (Å²) in [5.74, 6) is -1.21. The van der Waals surface area contributed by atoms with Crippen molar-refractivity contribution in [1.82, 2.24) is 9.78 Å². The Kier molecular flexibility index (Phi) is 8.92. The second-order valence-electron chi connectivity index (χ2n) is 9.75. The highest BCUT2D eigenvalue weighted by Gasteiger charge is 2.20. The van der Waals surface area contributed by atoms with Gasteiger partial charge in [0.15, 0.2) is 5.78 Å². The van der Waals surface area contributed by atoms with E-state index in [0.29, 0.717) is 41.2 Å². The lowest BCUT2D eigenvalue weighted by Crippen LogP contribution is -2.18. The predicted molar refractivity (Wildman–Crippen MR) is 160 cm³/mol. The monoisotopic (exact) mass is 564 g/mol. The first-order valence-corrected chi connectivity index (χ1v) is 13.8. The Morgan fingerprint density at radius 3 is 2.20 bits per heavy atom. The van der Waals surface area contributed by atoms with Crippen molar-refractivity contribution in [3.8, 4) is 22.6 Å². The van der Waals surface area contributed by atoms with Gasteiger partial charge >= 0.3 is 5.97 Å². The van der Waals surface area contributed by atoms with Gasteiger partial charge in [-0.2, -0.15) is 5.10 Å². The fraction of sp³-hybridized carbons (Fsp3) is 0.147. The van der Waals surface area contributed by atoms with E-state index in [-0.39, 0.29) is 12.4 Å². The quantitative estimate of drug-likeness (QED) is 0.158. The van der Waals surface area contributed by atoms with Crippen molar-refractivity contribution in [3.63, 3.8) is 0 Å². The number of carboxylic acids is 1. The van der Waals surface area contributed by atoms with Crippen LogP contribution in [0.5, 0.6) is 5.75 Å². The van der Waals surface area contributed by atoms with Crippen LogP contribution in [0.3, 0.4) is 0 Å². The number of aromatic nitrogens is 2. The number of carbonyl (C=O) groups is 2. The molecule has 1 unspecified atom stereocenters. The van der Waals surface area contributed by atoms with E-state index in [9.17, 15) is 14.7 Å². The molecule has 1 N–H and O–H groups in total. The number of aryl methyl sites for hydroxylation is 1. The fourth-order valence-corrected chi connectivity index (χ4v) is 4.77. The van der Waals surface area contributed by atoms with Gasteiger partial charge in [0.2, 0.25) is 0 Å². The van der Waals surface area contributed by atoms with Gasteiger partial charge in [0.05, 0.1) is 35.5 Å². The Morgan fingerprint density at radius 1 is 0.829 bits per heavy atom. The fourth-order valence-electron chi connectivity index (χ4n) is 4.65. The van der Waals surface area contributed by atoms with Crippen molar-refractivity contribution in [2.75, 3.05) is 6.61 Å². The standard InChI is InChI=1S/C34H29ClN2O4/c35-29-18-16-26(17-19-29)25-13-10-24(11-14-25)12-15-27(34(39)40)20-21-41-32-9-5-4-8-31(32)33(38)28-22-36-37(23-28)30-6-2-1-3-7-30/h1-11,13-14,16-19,22-23,27H,12,15,20-21H2,(H,39,40). The highest BCUT2D eigenvalue weighted by Crippen LogP contribution is 2.25. The minimum absolute atomic E-state index is 0.181. The van der Waals surface area contributed by atoms with Crippen LogP contribution in [-0.2, 0) is 11.2 Å². The van der Waals surface area contributed by atoms with E-state index in [4.69, 9.17) is 16.3 Å². The summed E-state index contributed by atoms with van der Waals surface area (Å²) in [6.45, 7) is 0.181. The number of ketones is 1. The van der Waals surface area contributed by atoms with E-state index in [1.54, 1.807) is 35.1 Å². The van der Waals surface area contributed by atoms with Crippen LogP contribution in [0.25, 0.3) is 16.8 Å². The summed E-state index contributed by atoms with van der Waals surface area (Å²) in [5.41, 5.74) is 4.93. The lowest BCUT2D eigenvalue weighted by atomic mass is 9.95. The zero-order valence-electron chi connectivity index (χ0n) is 22.3. The number of carbonyl (C=O) groups excluding carboxylic acids is 1. The van der Waals surface area contributed by atoms with E-state index in [0.717, 1.165) is 22.4 Å². The number of carboxylic acid groups (broad SMARTS) is 1. The zero-order chi connectivity index (χ0) is 28.6. The third kappa shape index (κ3) is 7.10. The number of aliphatic carboxylic acids is 1. The Morgan fingerprint density at radius 2 is 1.49 bits per heavy atom. The summed E-state index contributed by atoms with van der Waals surface area (Å²) in [6, 6.07) is 32.4. The number of nitrogens with zero attached hydrogens (tertiary/aromatic N) is 2. The molecule has 0 saturated carbocycles. The van der Waals surface area contributed by atoms with E-state index >= 15 is 0 Å². The molecule has 41 heavy (non-hydrogen) atoms. The second-order valence-corrected chi connectivity index (χ2v) is 10.2. The van der Waals surface area contributed by atoms with Crippen LogP contribution in [0.15, 0.2) is 116 Å². The minimum atomic E-state index is -0.857. The number of ether oxygens (including phenoxy) is 1. The average molecular weight is 565 g/mol. The van der Waals surface area contributed by atoms with Crippen molar-refractivity contribution < 1.29 is 19.4 Å². The van der Waals surface area contributed by atoms with Gasteiger partial charge < -0.3 is 9.84 Å². The molecule has 4 aromatic carbocycles. The minimum Gasteiger partial charge on any atom is -0.493 e. The van der Waals surface area contributed by atoms with Gasteiger partial charge in [-0.15, -0.1) is 0 Å². The number of hydrogen-bond acceptors (Lipinski definition) is 4. The molecule has 5 rings (SSSR count). The zero-order valence-corrected chi connectivity index (χ0v) is 23.1. The normalized spacial score (nSPS) is 11.6. The predicted octanol–water partition coefficient (Wildman–Crippen LogP) is 7.53. The maximum absolute atomic E-state index is 13.3. The first kappa shape index (κ1) is 27.9. The number of benzene rings is 4. The second kappa shape index (κ2) is 13.1. The van der Waals surface area contributed by atoms with E-state index < -0.39 is 11.9 Å². The van der Waals surface area contributed by atoms with Gasteiger partial charge in [-0.3, -0.25) is 9.59 Å². The molecule has 0 amide bonds. The SMILES string of the molecule is O=C(c1cnn(-c2ccccc2)c1)c1ccccc1OCCC(CCc1ccc(-c2ccc(Cl)cc2)cc1)C(=O)O. The molecule has 0 aliphatic rings. The van der Waals surface area contributed by atoms with Crippen LogP contribution in [-0.4, -0.2) is 33.2 Å². The van der Waals surface area contributed by atoms with Gasteiger partial charge in [-0.1, -0.05) is 78.3 Å². The Labute approximate surface area is 243 Å². The van der Waals surface area contributed by atoms with Crippen LogP contribution in [0.2, 0.25) is 5.02 Å². The number of rotatable bonds is 12. The Bertz CT molecular complexity index is 1610. The molecule has 0 spiro atoms. The molecular formula is C34H29ClN2O4. The maximum Gasteiger partial charge on any atom is 0.306 e. The maximum atomic E-state index is 13.3. The molecule has 0 radical (unpaired) electrons. The third-order valence-electron chi connectivity index (χ3n) is 6.98. The van der Waals surface area contributed by atoms with Crippen molar-refractivity contribution in [2.45, 2.75) is 19.3 Å². The number of halogens is 1. The number of hydrogen-bond donors (Lipinski definition) is 1. The summed E-state index contributed by atoms with van der Waals surface area (Å²) >= 11 is 5.98. The lowest BCUT2D eigenvalue weighted by molar-refractivity contribution is -0.142. The topological polar surface area (TPSA) is 81.4 Å². The van der Waals surface area contributed by atoms with Crippen molar-refractivity contribution >= 4 is 23.4 Å². The number of para-hydroxylation sites is 2. The molecule has 0 fully saturated rings. The molecule has 0 saturated heterocycles. The molecule has 1 atom stereocenters. The third-order valence-corrected chi connectivity index (χ3v) is 7.24. The molecule has 7 heteroatoms. The van der Waals surface area contributed by atoms with Crippen LogP contribution < -0.4 is 4.74 Å². The van der Waals surface area contributed by atoms with Gasteiger partial charge in [-0.25, -0.2) is 4.68 Å². The highest BCUT2D eigenvalue weighted by atomic mass is 35.5. The molecular weight excluding hydrogens is 536 g/mol. The molecule has 206 valence electrons. The lowest BCUT2D eigenvalue weighted by Gasteiger charge is -2.15. The van der Waals surface area contributed by atoms with Gasteiger partial charge in [0.25, 0.3) is 0 Å². The molecule has 5 aromatic rings. The van der Waals surface area contributed by atoms with E-state index in [1.165, 1.54) is 6.20 Å². The smallest absolute Gasteiger partial charge is 0.306 e. The van der Waals surface area contributed by atoms with Crippen LogP contribution in [0.1, 0.15) is 34.3 Å². The summed E-state index contributed by atoms with van der Waals surface area (Å²) in [5, 5.41) is 14.8. The van der Waals surface area contributed by atoms with Crippen molar-refractivity contribution in [1.29, 1.82) is 0 Å². The van der Waals surface area contributed by atoms with Crippen LogP contribution in [0.4, 0.5) is 0 Å². The molecule has 0 bridgehead atoms. The molecule has 1 heterocycles. The summed E-state index contributed by atoms with van der Waals surface area (Å²) in [6.07, 6.45) is 4.68. The highest BCUT2D eigenvalue weighted by molar-refractivity contribution is 6.30. The van der Waals surface area contributed by atoms with Gasteiger partial charge in [0.1, 0.15) is 5.75 Å². The van der Waals surface area contributed by atoms with E-state index in [1.807, 2.05) is 78.9 Å². The summed E-state index contributed by atoms with van der Waals surface area (Å²) < 4.78 is 7.61. The Hall–Kier alpha value is -4.68. The average Bonchev–Trinajstić information content (AvgIpc) is 3.50. The van der Waals surface area contributed by atoms with Gasteiger partial charge in [-0.05, 0) is 72.4 Å².